The zero-order chi connectivity index (χ0) is 40.3. The van der Waals surface area contributed by atoms with Crippen molar-refractivity contribution in [1.82, 2.24) is 26.2 Å². The van der Waals surface area contributed by atoms with Crippen LogP contribution in [0, 0.1) is 22.7 Å². The highest BCUT2D eigenvalue weighted by Crippen LogP contribution is 2.65. The number of rotatable bonds is 16. The Labute approximate surface area is 320 Å². The molecule has 54 heavy (non-hydrogen) atoms. The van der Waals surface area contributed by atoms with Crippen LogP contribution in [-0.2, 0) is 29.0 Å². The minimum absolute atomic E-state index is 0.000618. The Balaban J connectivity index is 1.62. The first kappa shape index (κ1) is 43.6. The molecule has 2 unspecified atom stereocenters. The van der Waals surface area contributed by atoms with E-state index in [-0.39, 0.29) is 48.9 Å². The molecule has 1 saturated heterocycles. The lowest BCUT2D eigenvalue weighted by molar-refractivity contribution is -0.146. The third kappa shape index (κ3) is 9.82. The summed E-state index contributed by atoms with van der Waals surface area (Å²) in [6.07, 6.45) is 5.30. The van der Waals surface area contributed by atoms with Crippen molar-refractivity contribution in [1.29, 1.82) is 0 Å². The molecule has 0 aromatic carbocycles. The summed E-state index contributed by atoms with van der Waals surface area (Å²) in [4.78, 5) is 70.5. The lowest BCUT2D eigenvalue weighted by Crippen LogP contribution is -2.65. The van der Waals surface area contributed by atoms with E-state index in [1.807, 2.05) is 20.8 Å². The number of hydrogen-bond donors (Lipinski definition) is 4. The molecule has 5 atom stereocenters. The fraction of sp³-hybridized carbons (Fsp3) is 0.821. The van der Waals surface area contributed by atoms with Gasteiger partial charge in [0.1, 0.15) is 12.1 Å². The number of carbonyl (C=O) groups excluding carboxylic acids is 5. The second kappa shape index (κ2) is 17.0. The topological polar surface area (TPSA) is 171 Å². The fourth-order valence-electron chi connectivity index (χ4n) is 9.10. The van der Waals surface area contributed by atoms with Gasteiger partial charge in [0.15, 0.2) is 9.84 Å². The van der Waals surface area contributed by atoms with Crippen LogP contribution in [-0.4, -0.2) is 96.5 Å². The van der Waals surface area contributed by atoms with Crippen LogP contribution in [0.2, 0.25) is 0 Å². The average molecular weight is 784 g/mol. The van der Waals surface area contributed by atoms with E-state index in [1.54, 1.807) is 20.8 Å². The van der Waals surface area contributed by atoms with Gasteiger partial charge in [0.2, 0.25) is 24.0 Å². The summed E-state index contributed by atoms with van der Waals surface area (Å²) in [6, 6.07) is -4.08. The Bertz CT molecular complexity index is 1530. The molecule has 4 rings (SSSR count). The van der Waals surface area contributed by atoms with Gasteiger partial charge in [-0.2, -0.15) is 0 Å². The SMILES string of the molecule is C=CCNC(=O)C(=O)C(CCCC(F)F)NC(=O)[C@@H]1[C@@H]2C(CN1C(=O)[C@@H](NC(=O)NC1(CS(=O)(=O)C(C)(C)C)CCCCC1)C1(C)CCCCC1)C2(C)C. The number of alkyl halides is 2. The van der Waals surface area contributed by atoms with Crippen molar-refractivity contribution in [2.45, 2.75) is 160 Å². The van der Waals surface area contributed by atoms with E-state index in [0.29, 0.717) is 25.7 Å². The van der Waals surface area contributed by atoms with Crippen molar-refractivity contribution in [3.8, 4) is 0 Å². The molecule has 4 fully saturated rings. The Morgan fingerprint density at radius 2 is 1.50 bits per heavy atom. The second-order valence-corrected chi connectivity index (χ2v) is 20.8. The molecular formula is C39H63F2N5O7S. The average Bonchev–Trinajstić information content (AvgIpc) is 3.38. The first-order valence-corrected chi connectivity index (χ1v) is 21.4. The van der Waals surface area contributed by atoms with E-state index < -0.39 is 86.0 Å². The molecule has 0 spiro atoms. The van der Waals surface area contributed by atoms with Gasteiger partial charge in [0.25, 0.3) is 5.91 Å². The molecule has 0 bridgehead atoms. The largest absolute Gasteiger partial charge is 0.346 e. The van der Waals surface area contributed by atoms with Gasteiger partial charge in [0.05, 0.1) is 22.1 Å². The van der Waals surface area contributed by atoms with Crippen molar-refractivity contribution in [3.63, 3.8) is 0 Å². The Kier molecular flexibility index (Phi) is 13.7. The second-order valence-electron chi connectivity index (χ2n) is 18.1. The molecule has 1 aliphatic heterocycles. The highest BCUT2D eigenvalue weighted by Gasteiger charge is 2.70. The van der Waals surface area contributed by atoms with E-state index in [0.717, 1.165) is 38.5 Å². The van der Waals surface area contributed by atoms with Crippen molar-refractivity contribution in [2.75, 3.05) is 18.8 Å². The van der Waals surface area contributed by atoms with E-state index >= 15 is 0 Å². The number of piperidine rings is 1. The minimum atomic E-state index is -3.61. The number of hydrogen-bond acceptors (Lipinski definition) is 7. The summed E-state index contributed by atoms with van der Waals surface area (Å²) < 4.78 is 52.0. The number of Topliss-reactive ketones (excluding diaryl/α,β-unsaturated/α-hetero) is 1. The number of fused-ring (bicyclic) bond motifs is 1. The normalized spacial score (nSPS) is 25.4. The maximum atomic E-state index is 14.9. The Morgan fingerprint density at radius 1 is 0.907 bits per heavy atom. The smallest absolute Gasteiger partial charge is 0.315 e. The molecular weight excluding hydrogens is 721 g/mol. The number of nitrogens with one attached hydrogen (secondary N) is 4. The number of halogens is 2. The summed E-state index contributed by atoms with van der Waals surface area (Å²) in [5.74, 6) is -3.58. The van der Waals surface area contributed by atoms with Crippen molar-refractivity contribution < 1.29 is 41.2 Å². The molecule has 4 aliphatic rings. The minimum Gasteiger partial charge on any atom is -0.346 e. The van der Waals surface area contributed by atoms with Crippen LogP contribution in [0.4, 0.5) is 13.6 Å². The number of sulfone groups is 1. The summed E-state index contributed by atoms with van der Waals surface area (Å²) in [6.45, 7) is 14.6. The van der Waals surface area contributed by atoms with Gasteiger partial charge in [0, 0.05) is 19.5 Å². The lowest BCUT2D eigenvalue weighted by atomic mass is 9.70. The van der Waals surface area contributed by atoms with Crippen LogP contribution in [0.1, 0.15) is 125 Å². The zero-order valence-electron chi connectivity index (χ0n) is 33.0. The van der Waals surface area contributed by atoms with E-state index in [2.05, 4.69) is 27.8 Å². The maximum Gasteiger partial charge on any atom is 0.315 e. The van der Waals surface area contributed by atoms with Gasteiger partial charge in [-0.05, 0) is 82.0 Å². The molecule has 0 aromatic heterocycles. The molecule has 4 N–H and O–H groups in total. The molecule has 1 heterocycles. The van der Waals surface area contributed by atoms with E-state index in [1.165, 1.54) is 11.0 Å². The zero-order valence-corrected chi connectivity index (χ0v) is 33.8. The third-order valence-corrected chi connectivity index (χ3v) is 15.5. The first-order chi connectivity index (χ1) is 25.1. The number of urea groups is 1. The highest BCUT2D eigenvalue weighted by molar-refractivity contribution is 7.92. The molecule has 306 valence electrons. The molecule has 15 heteroatoms. The first-order valence-electron chi connectivity index (χ1n) is 19.7. The van der Waals surface area contributed by atoms with Crippen LogP contribution in [0.5, 0.6) is 0 Å². The van der Waals surface area contributed by atoms with Crippen LogP contribution in [0.25, 0.3) is 0 Å². The molecule has 12 nitrogen and oxygen atoms in total. The summed E-state index contributed by atoms with van der Waals surface area (Å²) >= 11 is 0. The summed E-state index contributed by atoms with van der Waals surface area (Å²) in [5, 5.41) is 11.1. The standard InChI is InChI=1S/C39H63F2N5O7S/c1-8-22-42-33(49)30(47)26(16-15-17-27(40)41)43-32(48)29-28-25(37(28,5)6)23-46(29)34(50)31(38(7)18-11-9-12-19-38)44-35(51)45-39(20-13-10-14-21-39)24-54(52,53)36(2,3)4/h8,25-29,31H,1,9-24H2,2-7H3,(H,42,49)(H,43,48)(H2,44,45,51)/t25?,26?,28-,29-,31+/m0/s1. The fourth-order valence-corrected chi connectivity index (χ4v) is 10.6. The molecule has 0 aromatic rings. The van der Waals surface area contributed by atoms with Gasteiger partial charge in [-0.15, -0.1) is 6.58 Å². The highest BCUT2D eigenvalue weighted by atomic mass is 32.2. The molecule has 3 saturated carbocycles. The molecule has 0 radical (unpaired) electrons. The van der Waals surface area contributed by atoms with E-state index in [4.69, 9.17) is 0 Å². The van der Waals surface area contributed by atoms with Crippen LogP contribution in [0.15, 0.2) is 12.7 Å². The molecule has 5 amide bonds. The third-order valence-electron chi connectivity index (χ3n) is 12.7. The van der Waals surface area contributed by atoms with Crippen molar-refractivity contribution in [2.24, 2.45) is 22.7 Å². The quantitative estimate of drug-likeness (QED) is 0.129. The lowest BCUT2D eigenvalue weighted by Gasteiger charge is -2.44. The molecule has 3 aliphatic carbocycles. The number of carbonyl (C=O) groups is 5. The number of likely N-dealkylation sites (tertiary alicyclic amines) is 1. The van der Waals surface area contributed by atoms with Gasteiger partial charge < -0.3 is 26.2 Å². The Morgan fingerprint density at radius 3 is 2.06 bits per heavy atom. The number of ketones is 1. The predicted molar refractivity (Wildman–Crippen MR) is 202 cm³/mol. The number of amides is 5. The van der Waals surface area contributed by atoms with Crippen LogP contribution < -0.4 is 21.3 Å². The van der Waals surface area contributed by atoms with Gasteiger partial charge in [-0.25, -0.2) is 22.0 Å². The van der Waals surface area contributed by atoms with Crippen molar-refractivity contribution in [3.05, 3.63) is 12.7 Å². The van der Waals surface area contributed by atoms with Gasteiger partial charge in [-0.1, -0.05) is 65.4 Å². The summed E-state index contributed by atoms with van der Waals surface area (Å²) in [5.41, 5.74) is -1.97. The van der Waals surface area contributed by atoms with Crippen LogP contribution in [0.3, 0.4) is 0 Å². The van der Waals surface area contributed by atoms with Crippen LogP contribution >= 0.6 is 0 Å². The predicted octanol–water partition coefficient (Wildman–Crippen LogP) is 4.82. The van der Waals surface area contributed by atoms with E-state index in [9.17, 15) is 41.2 Å². The maximum absolute atomic E-state index is 14.9. The van der Waals surface area contributed by atoms with Gasteiger partial charge in [-0.3, -0.25) is 19.2 Å². The van der Waals surface area contributed by atoms with Crippen molar-refractivity contribution >= 4 is 39.4 Å². The van der Waals surface area contributed by atoms with Gasteiger partial charge >= 0.3 is 6.03 Å². The monoisotopic (exact) mass is 783 g/mol. The number of nitrogens with zero attached hydrogens (tertiary/aromatic N) is 1. The Hall–Kier alpha value is -3.10. The summed E-state index contributed by atoms with van der Waals surface area (Å²) in [7, 11) is -3.61.